The van der Waals surface area contributed by atoms with E-state index >= 15 is 0 Å². The zero-order chi connectivity index (χ0) is 44.3. The number of nitrogens with one attached hydrogen (secondary N) is 1. The molecule has 1 saturated heterocycles. The van der Waals surface area contributed by atoms with Crippen LogP contribution in [0.25, 0.3) is 0 Å². The fraction of sp³-hybridized carbons (Fsp3) is 0.750. The molecule has 0 radical (unpaired) electrons. The molecule has 3 N–H and O–H groups in total. The zero-order valence-corrected chi connectivity index (χ0v) is 37.5. The van der Waals surface area contributed by atoms with Crippen molar-refractivity contribution in [2.75, 3.05) is 34.2 Å². The van der Waals surface area contributed by atoms with Gasteiger partial charge in [0.2, 0.25) is 12.2 Å². The Morgan fingerprint density at radius 1 is 0.932 bits per heavy atom. The van der Waals surface area contributed by atoms with Crippen LogP contribution in [0.5, 0.6) is 11.5 Å². The van der Waals surface area contributed by atoms with Gasteiger partial charge in [0.1, 0.15) is 23.7 Å². The van der Waals surface area contributed by atoms with Crippen LogP contribution in [0.4, 0.5) is 9.59 Å². The number of esters is 1. The Kier molecular flexibility index (Phi) is 17.9. The molecule has 0 aromatic heterocycles. The summed E-state index contributed by atoms with van der Waals surface area (Å²) in [6.45, 7) is 19.2. The number of ether oxygens (including phenoxy) is 7. The standard InChI is InChI=1S/C44H71N3O12/c1-27(2)31(22-30-14-15-35(54-12)37(23-30)55-21-13-20-53-11)24-33-36(25-32(28(3)4)34(48)16-17-43(9,10)38(45)49)56-26-47(33)41(52)58-29(5)57-39(50)44(18-19-44)46-40(51)59-42(6,7)8/h14-15,23,27-29,31-33,36H,13,16-22,24-26H2,1-12H3,(H2,45,49)(H,46,51)/t29?,31-,32-,33-,36-/m0/s1. The maximum Gasteiger partial charge on any atom is 0.415 e. The summed E-state index contributed by atoms with van der Waals surface area (Å²) in [4.78, 5) is 66.9. The summed E-state index contributed by atoms with van der Waals surface area (Å²) in [6.07, 6.45) is 0.155. The number of methoxy groups -OCH3 is 2. The quantitative estimate of drug-likeness (QED) is 0.0657. The van der Waals surface area contributed by atoms with Crippen LogP contribution < -0.4 is 20.5 Å². The third-order valence-electron chi connectivity index (χ3n) is 11.2. The Bertz CT molecular complexity index is 1580. The molecule has 1 heterocycles. The maximum atomic E-state index is 14.0. The molecule has 0 spiro atoms. The second-order valence-corrected chi connectivity index (χ2v) is 18.4. The number of carbonyl (C=O) groups is 5. The van der Waals surface area contributed by atoms with E-state index in [9.17, 15) is 24.0 Å². The first-order valence-corrected chi connectivity index (χ1v) is 20.9. The van der Waals surface area contributed by atoms with Gasteiger partial charge in [-0.1, -0.05) is 47.6 Å². The molecule has 334 valence electrons. The topological polar surface area (TPSA) is 191 Å². The van der Waals surface area contributed by atoms with Gasteiger partial charge in [-0.05, 0) is 94.7 Å². The number of primary amides is 1. The van der Waals surface area contributed by atoms with E-state index < -0.39 is 65.0 Å². The maximum absolute atomic E-state index is 14.0. The van der Waals surface area contributed by atoms with Gasteiger partial charge in [-0.25, -0.2) is 14.4 Å². The number of carbonyl (C=O) groups excluding carboxylic acids is 5. The molecule has 3 amide bonds. The molecule has 1 aliphatic heterocycles. The number of benzene rings is 1. The van der Waals surface area contributed by atoms with Crippen molar-refractivity contribution in [3.63, 3.8) is 0 Å². The summed E-state index contributed by atoms with van der Waals surface area (Å²) in [7, 11) is 3.25. The van der Waals surface area contributed by atoms with Gasteiger partial charge in [0.15, 0.2) is 11.5 Å². The van der Waals surface area contributed by atoms with E-state index in [0.29, 0.717) is 63.2 Å². The smallest absolute Gasteiger partial charge is 0.415 e. The van der Waals surface area contributed by atoms with Crippen molar-refractivity contribution >= 4 is 29.8 Å². The first kappa shape index (κ1) is 49.3. The molecule has 3 rings (SSSR count). The molecule has 1 saturated carbocycles. The van der Waals surface area contributed by atoms with E-state index in [1.54, 1.807) is 48.8 Å². The highest BCUT2D eigenvalue weighted by Gasteiger charge is 2.54. The average molecular weight is 834 g/mol. The van der Waals surface area contributed by atoms with Crippen molar-refractivity contribution in [1.29, 1.82) is 0 Å². The van der Waals surface area contributed by atoms with E-state index in [-0.39, 0.29) is 36.7 Å². The highest BCUT2D eigenvalue weighted by molar-refractivity contribution is 5.89. The summed E-state index contributed by atoms with van der Waals surface area (Å²) in [5.74, 6) is -0.174. The molecule has 15 heteroatoms. The molecular weight excluding hydrogens is 762 g/mol. The fourth-order valence-corrected chi connectivity index (χ4v) is 7.10. The van der Waals surface area contributed by atoms with Crippen LogP contribution in [-0.4, -0.2) is 98.5 Å². The number of ketones is 1. The minimum atomic E-state index is -1.28. The molecule has 0 bridgehead atoms. The Morgan fingerprint density at radius 3 is 2.17 bits per heavy atom. The number of nitrogens with two attached hydrogens (primary N) is 1. The molecule has 1 aliphatic carbocycles. The van der Waals surface area contributed by atoms with Gasteiger partial charge in [0.05, 0.1) is 25.9 Å². The Morgan fingerprint density at radius 2 is 1.61 bits per heavy atom. The number of amides is 3. The molecule has 59 heavy (non-hydrogen) atoms. The fourth-order valence-electron chi connectivity index (χ4n) is 7.10. The molecule has 1 aromatic rings. The Balaban J connectivity index is 1.85. The van der Waals surface area contributed by atoms with Crippen molar-refractivity contribution < 1.29 is 57.1 Å². The van der Waals surface area contributed by atoms with Gasteiger partial charge < -0.3 is 44.2 Å². The highest BCUT2D eigenvalue weighted by Crippen LogP contribution is 2.39. The van der Waals surface area contributed by atoms with Crippen LogP contribution in [0, 0.1) is 29.1 Å². The molecular formula is C44H71N3O12. The lowest BCUT2D eigenvalue weighted by Gasteiger charge is -2.33. The van der Waals surface area contributed by atoms with Crippen LogP contribution in [0.1, 0.15) is 120 Å². The molecule has 1 unspecified atom stereocenters. The molecule has 15 nitrogen and oxygen atoms in total. The number of alkyl carbamates (subject to hydrolysis) is 1. The summed E-state index contributed by atoms with van der Waals surface area (Å²) >= 11 is 0. The zero-order valence-electron chi connectivity index (χ0n) is 37.5. The second kappa shape index (κ2) is 21.4. The summed E-state index contributed by atoms with van der Waals surface area (Å²) in [5.41, 5.74) is 3.79. The predicted octanol–water partition coefficient (Wildman–Crippen LogP) is 6.95. The van der Waals surface area contributed by atoms with Crippen LogP contribution >= 0.6 is 0 Å². The van der Waals surface area contributed by atoms with Gasteiger partial charge in [-0.2, -0.15) is 0 Å². The van der Waals surface area contributed by atoms with Crippen molar-refractivity contribution in [2.24, 2.45) is 34.8 Å². The molecule has 1 aromatic carbocycles. The molecule has 5 atom stereocenters. The average Bonchev–Trinajstić information content (AvgIpc) is 3.81. The minimum absolute atomic E-state index is 0.00361. The highest BCUT2D eigenvalue weighted by atomic mass is 16.7. The monoisotopic (exact) mass is 834 g/mol. The number of Topliss-reactive ketones (excluding diaryl/α,β-unsaturated/α-hetero) is 1. The van der Waals surface area contributed by atoms with Gasteiger partial charge >= 0.3 is 18.2 Å². The van der Waals surface area contributed by atoms with Crippen molar-refractivity contribution in [1.82, 2.24) is 10.2 Å². The van der Waals surface area contributed by atoms with Gasteiger partial charge in [-0.3, -0.25) is 14.5 Å². The molecule has 2 fully saturated rings. The normalized spacial score (nSPS) is 19.1. The van der Waals surface area contributed by atoms with E-state index in [4.69, 9.17) is 38.9 Å². The van der Waals surface area contributed by atoms with Crippen LogP contribution in [0.2, 0.25) is 0 Å². The number of nitrogens with zero attached hydrogens (tertiary/aromatic N) is 1. The summed E-state index contributed by atoms with van der Waals surface area (Å²) in [6, 6.07) is 5.38. The first-order chi connectivity index (χ1) is 27.5. The Labute approximate surface area is 351 Å². The van der Waals surface area contributed by atoms with E-state index in [1.807, 2.05) is 32.0 Å². The number of hydrogen-bond acceptors (Lipinski definition) is 12. The van der Waals surface area contributed by atoms with Crippen molar-refractivity contribution in [3.05, 3.63) is 23.8 Å². The van der Waals surface area contributed by atoms with Crippen molar-refractivity contribution in [2.45, 2.75) is 150 Å². The lowest BCUT2D eigenvalue weighted by atomic mass is 9.78. The number of rotatable bonds is 23. The Hall–Kier alpha value is -4.11. The summed E-state index contributed by atoms with van der Waals surface area (Å²) < 4.78 is 39.7. The van der Waals surface area contributed by atoms with Gasteiger partial charge in [0, 0.05) is 44.8 Å². The lowest BCUT2D eigenvalue weighted by Crippen LogP contribution is -2.48. The molecule has 2 aliphatic rings. The summed E-state index contributed by atoms with van der Waals surface area (Å²) in [5, 5.41) is 2.61. The first-order valence-electron chi connectivity index (χ1n) is 20.9. The van der Waals surface area contributed by atoms with Crippen LogP contribution in [0.15, 0.2) is 18.2 Å². The van der Waals surface area contributed by atoms with E-state index in [0.717, 1.165) is 12.0 Å². The van der Waals surface area contributed by atoms with Crippen LogP contribution in [0.3, 0.4) is 0 Å². The van der Waals surface area contributed by atoms with Crippen molar-refractivity contribution in [3.8, 4) is 11.5 Å². The predicted molar refractivity (Wildman–Crippen MR) is 221 cm³/mol. The van der Waals surface area contributed by atoms with E-state index in [1.165, 1.54) is 11.8 Å². The van der Waals surface area contributed by atoms with E-state index in [2.05, 4.69) is 19.2 Å². The van der Waals surface area contributed by atoms with Gasteiger partial charge in [-0.15, -0.1) is 0 Å². The largest absolute Gasteiger partial charge is 0.493 e. The second-order valence-electron chi connectivity index (χ2n) is 18.4. The SMILES string of the molecule is COCCCOc1cc(C[C@@H](C[C@H]2[C@H](C[C@H](C(=O)CCC(C)(C)C(N)=O)C(C)C)OCN2C(=O)OC(C)OC(=O)C2(NC(=O)OC(C)(C)C)CC2)C(C)C)ccc1OC. The minimum Gasteiger partial charge on any atom is -0.493 e. The van der Waals surface area contributed by atoms with Crippen LogP contribution in [-0.2, 0) is 44.5 Å². The third kappa shape index (κ3) is 14.8. The third-order valence-corrected chi connectivity index (χ3v) is 11.2. The number of hydrogen-bond donors (Lipinski definition) is 2. The van der Waals surface area contributed by atoms with Gasteiger partial charge in [0.25, 0.3) is 0 Å². The lowest BCUT2D eigenvalue weighted by molar-refractivity contribution is -0.170.